The molecule has 0 bridgehead atoms. The van der Waals surface area contributed by atoms with Gasteiger partial charge < -0.3 is 10.6 Å². The largest absolute Gasteiger partial charge is 0.324 e. The molecule has 0 saturated carbocycles. The summed E-state index contributed by atoms with van der Waals surface area (Å²) in [6.45, 7) is 0. The number of hydrogen-bond acceptors (Lipinski definition) is 7. The summed E-state index contributed by atoms with van der Waals surface area (Å²) in [5.74, 6) is 0.155. The normalized spacial score (nSPS) is 11.5. The van der Waals surface area contributed by atoms with Crippen LogP contribution in [0.5, 0.6) is 0 Å². The molecule has 0 radical (unpaired) electrons. The van der Waals surface area contributed by atoms with Crippen LogP contribution in [0.4, 0.5) is 17.3 Å². The molecule has 0 aliphatic heterocycles. The molecule has 33 heavy (non-hydrogen) atoms. The predicted molar refractivity (Wildman–Crippen MR) is 132 cm³/mol. The summed E-state index contributed by atoms with van der Waals surface area (Å²) < 4.78 is 24.6. The molecule has 3 aromatic carbocycles. The lowest BCUT2D eigenvalue weighted by Gasteiger charge is -2.07. The van der Waals surface area contributed by atoms with Gasteiger partial charge in [-0.3, -0.25) is 4.79 Å². The predicted octanol–water partition coefficient (Wildman–Crippen LogP) is 5.24. The van der Waals surface area contributed by atoms with Gasteiger partial charge in [0.2, 0.25) is 5.95 Å². The second-order valence-electron chi connectivity index (χ2n) is 7.46. The number of thiophene rings is 1. The number of rotatable bonds is 5. The highest BCUT2D eigenvalue weighted by atomic mass is 32.2. The van der Waals surface area contributed by atoms with Gasteiger partial charge in [-0.05, 0) is 48.5 Å². The summed E-state index contributed by atoms with van der Waals surface area (Å²) in [5.41, 5.74) is 2.01. The number of amides is 1. The molecular formula is C24H18N4O3S2. The number of fused-ring (bicyclic) bond motifs is 3. The van der Waals surface area contributed by atoms with Gasteiger partial charge in [0.1, 0.15) is 0 Å². The molecule has 0 aliphatic rings. The van der Waals surface area contributed by atoms with Crippen molar-refractivity contribution in [3.05, 3.63) is 83.9 Å². The SMILES string of the molecule is CS(=O)(=O)c1cccc(Nc2ncc3ccc4sc(C(=O)Nc5ccccc5)cc4c3n2)c1. The summed E-state index contributed by atoms with van der Waals surface area (Å²) in [5, 5.41) is 7.67. The zero-order chi connectivity index (χ0) is 23.0. The first-order valence-electron chi connectivity index (χ1n) is 10.00. The van der Waals surface area contributed by atoms with E-state index >= 15 is 0 Å². The lowest BCUT2D eigenvalue weighted by molar-refractivity contribution is 0.103. The maximum atomic E-state index is 12.7. The number of sulfone groups is 1. The number of hydrogen-bond donors (Lipinski definition) is 2. The van der Waals surface area contributed by atoms with Crippen LogP contribution in [0.3, 0.4) is 0 Å². The van der Waals surface area contributed by atoms with Crippen molar-refractivity contribution in [3.8, 4) is 0 Å². The van der Waals surface area contributed by atoms with Gasteiger partial charge in [-0.15, -0.1) is 11.3 Å². The molecule has 9 heteroatoms. The zero-order valence-corrected chi connectivity index (χ0v) is 19.1. The summed E-state index contributed by atoms with van der Waals surface area (Å²) in [6, 6.07) is 21.5. The van der Waals surface area contributed by atoms with Gasteiger partial charge >= 0.3 is 0 Å². The molecule has 2 N–H and O–H groups in total. The van der Waals surface area contributed by atoms with E-state index in [1.54, 1.807) is 30.5 Å². The molecule has 5 rings (SSSR count). The molecule has 0 spiro atoms. The highest BCUT2D eigenvalue weighted by Crippen LogP contribution is 2.32. The number of anilines is 3. The topological polar surface area (TPSA) is 101 Å². The van der Waals surface area contributed by atoms with Gasteiger partial charge in [0.25, 0.3) is 5.91 Å². The summed E-state index contributed by atoms with van der Waals surface area (Å²) >= 11 is 1.39. The van der Waals surface area contributed by atoms with Crippen LogP contribution in [0, 0.1) is 0 Å². The fraction of sp³-hybridized carbons (Fsp3) is 0.0417. The number of nitrogens with zero attached hydrogens (tertiary/aromatic N) is 2. The summed E-state index contributed by atoms with van der Waals surface area (Å²) in [4.78, 5) is 22.5. The molecule has 0 fully saturated rings. The molecule has 164 valence electrons. The van der Waals surface area contributed by atoms with Crippen molar-refractivity contribution in [2.45, 2.75) is 4.90 Å². The van der Waals surface area contributed by atoms with Gasteiger partial charge in [-0.25, -0.2) is 18.4 Å². The second-order valence-corrected chi connectivity index (χ2v) is 10.6. The van der Waals surface area contributed by atoms with Crippen LogP contribution in [0.25, 0.3) is 21.0 Å². The first kappa shape index (κ1) is 21.0. The number of carbonyl (C=O) groups excluding carboxylic acids is 1. The third-order valence-electron chi connectivity index (χ3n) is 5.02. The van der Waals surface area contributed by atoms with Crippen LogP contribution < -0.4 is 10.6 Å². The average molecular weight is 475 g/mol. The Morgan fingerprint density at radius 2 is 1.73 bits per heavy atom. The van der Waals surface area contributed by atoms with Crippen LogP contribution in [-0.2, 0) is 9.84 Å². The van der Waals surface area contributed by atoms with Crippen molar-refractivity contribution < 1.29 is 13.2 Å². The Bertz CT molecular complexity index is 1610. The number of carbonyl (C=O) groups is 1. The van der Waals surface area contributed by atoms with Crippen molar-refractivity contribution in [3.63, 3.8) is 0 Å². The molecule has 2 aromatic heterocycles. The molecule has 1 amide bonds. The van der Waals surface area contributed by atoms with Gasteiger partial charge in [0, 0.05) is 39.3 Å². The Hall–Kier alpha value is -3.82. The van der Waals surface area contributed by atoms with Gasteiger partial charge in [0.05, 0.1) is 15.3 Å². The quantitative estimate of drug-likeness (QED) is 0.361. The Morgan fingerprint density at radius 3 is 2.52 bits per heavy atom. The fourth-order valence-corrected chi connectivity index (χ4v) is 5.05. The van der Waals surface area contributed by atoms with Crippen molar-refractivity contribution in [1.29, 1.82) is 0 Å². The highest BCUT2D eigenvalue weighted by Gasteiger charge is 2.14. The van der Waals surface area contributed by atoms with E-state index in [0.717, 1.165) is 27.4 Å². The number of nitrogens with one attached hydrogen (secondary N) is 2. The van der Waals surface area contributed by atoms with E-state index in [0.29, 0.717) is 22.0 Å². The molecule has 7 nitrogen and oxygen atoms in total. The monoisotopic (exact) mass is 474 g/mol. The van der Waals surface area contributed by atoms with Gasteiger partial charge in [0.15, 0.2) is 9.84 Å². The van der Waals surface area contributed by atoms with Crippen LogP contribution in [0.15, 0.2) is 83.9 Å². The van der Waals surface area contributed by atoms with E-state index in [2.05, 4.69) is 20.6 Å². The smallest absolute Gasteiger partial charge is 0.265 e. The molecule has 0 aliphatic carbocycles. The maximum Gasteiger partial charge on any atom is 0.265 e. The molecule has 0 saturated heterocycles. The van der Waals surface area contributed by atoms with E-state index in [1.165, 1.54) is 11.3 Å². The van der Waals surface area contributed by atoms with Crippen molar-refractivity contribution >= 4 is 65.4 Å². The minimum Gasteiger partial charge on any atom is -0.324 e. The summed E-state index contributed by atoms with van der Waals surface area (Å²) in [6.07, 6.45) is 2.86. The number of benzene rings is 3. The molecule has 2 heterocycles. The Kier molecular flexibility index (Phi) is 5.27. The molecular weight excluding hydrogens is 456 g/mol. The van der Waals surface area contributed by atoms with Gasteiger partial charge in [-0.1, -0.05) is 24.3 Å². The van der Waals surface area contributed by atoms with Crippen molar-refractivity contribution in [1.82, 2.24) is 9.97 Å². The third-order valence-corrected chi connectivity index (χ3v) is 7.23. The summed E-state index contributed by atoms with van der Waals surface area (Å²) in [7, 11) is -3.33. The first-order chi connectivity index (χ1) is 15.9. The Balaban J connectivity index is 1.49. The number of para-hydroxylation sites is 1. The van der Waals surface area contributed by atoms with Crippen LogP contribution >= 0.6 is 11.3 Å². The molecule has 5 aromatic rings. The average Bonchev–Trinajstić information content (AvgIpc) is 3.25. The van der Waals surface area contributed by atoms with E-state index in [-0.39, 0.29) is 10.8 Å². The maximum absolute atomic E-state index is 12.7. The minimum absolute atomic E-state index is 0.180. The van der Waals surface area contributed by atoms with E-state index in [1.807, 2.05) is 48.5 Å². The van der Waals surface area contributed by atoms with E-state index < -0.39 is 9.84 Å². The molecule has 0 atom stereocenters. The van der Waals surface area contributed by atoms with Crippen LogP contribution in [0.1, 0.15) is 9.67 Å². The molecule has 0 unspecified atom stereocenters. The van der Waals surface area contributed by atoms with Crippen molar-refractivity contribution in [2.75, 3.05) is 16.9 Å². The highest BCUT2D eigenvalue weighted by molar-refractivity contribution is 7.90. The first-order valence-corrected chi connectivity index (χ1v) is 12.7. The zero-order valence-electron chi connectivity index (χ0n) is 17.4. The van der Waals surface area contributed by atoms with Crippen LogP contribution in [-0.4, -0.2) is 30.5 Å². The second kappa shape index (κ2) is 8.27. The Morgan fingerprint density at radius 1 is 0.939 bits per heavy atom. The van der Waals surface area contributed by atoms with Crippen LogP contribution in [0.2, 0.25) is 0 Å². The third kappa shape index (κ3) is 4.41. The number of aromatic nitrogens is 2. The lowest BCUT2D eigenvalue weighted by atomic mass is 10.2. The minimum atomic E-state index is -3.33. The lowest BCUT2D eigenvalue weighted by Crippen LogP contribution is -2.09. The van der Waals surface area contributed by atoms with Gasteiger partial charge in [-0.2, -0.15) is 0 Å². The van der Waals surface area contributed by atoms with Crippen molar-refractivity contribution in [2.24, 2.45) is 0 Å². The Labute approximate surface area is 194 Å². The standard InChI is InChI=1S/C24H18N4O3S2/c1-33(30,31)18-9-5-8-17(12-18)27-24-25-14-15-10-11-20-19(22(15)28-24)13-21(32-20)23(29)26-16-6-3-2-4-7-16/h2-14H,1H3,(H,26,29)(H,25,27,28). The fourth-order valence-electron chi connectivity index (χ4n) is 3.43. The van der Waals surface area contributed by atoms with E-state index in [4.69, 9.17) is 0 Å². The van der Waals surface area contributed by atoms with E-state index in [9.17, 15) is 13.2 Å².